The lowest BCUT2D eigenvalue weighted by Crippen LogP contribution is -2.31. The topological polar surface area (TPSA) is 46.2 Å². The zero-order valence-corrected chi connectivity index (χ0v) is 6.42. The first-order valence-corrected chi connectivity index (χ1v) is 4.21. The van der Waals surface area contributed by atoms with Gasteiger partial charge in [-0.1, -0.05) is 19.3 Å². The zero-order valence-electron chi connectivity index (χ0n) is 6.42. The zero-order chi connectivity index (χ0) is 7.40. The smallest absolute Gasteiger partial charge is 0.0474 e. The van der Waals surface area contributed by atoms with Crippen LogP contribution in [0.2, 0.25) is 0 Å². The molecule has 0 bridgehead atoms. The fourth-order valence-electron chi connectivity index (χ4n) is 1.64. The second-order valence-corrected chi connectivity index (χ2v) is 3.24. The maximum atomic E-state index is 8.91. The van der Waals surface area contributed by atoms with Gasteiger partial charge in [0.05, 0.1) is 0 Å². The fraction of sp³-hybridized carbons (Fsp3) is 1.00. The highest BCUT2D eigenvalue weighted by molar-refractivity contribution is 4.75. The molecule has 0 spiro atoms. The van der Waals surface area contributed by atoms with Crippen molar-refractivity contribution in [2.45, 2.75) is 38.1 Å². The molecule has 3 N–H and O–H groups in total. The molecule has 1 saturated carbocycles. The van der Waals surface area contributed by atoms with E-state index in [1.165, 1.54) is 19.3 Å². The molecule has 1 fully saturated rings. The molecule has 0 aromatic rings. The van der Waals surface area contributed by atoms with Crippen molar-refractivity contribution >= 4 is 0 Å². The van der Waals surface area contributed by atoms with Gasteiger partial charge in [0.25, 0.3) is 0 Å². The van der Waals surface area contributed by atoms with Gasteiger partial charge in [-0.2, -0.15) is 0 Å². The van der Waals surface area contributed by atoms with Crippen molar-refractivity contribution < 1.29 is 5.11 Å². The van der Waals surface area contributed by atoms with Gasteiger partial charge < -0.3 is 10.8 Å². The van der Waals surface area contributed by atoms with E-state index in [0.717, 1.165) is 12.8 Å². The molecule has 0 heterocycles. The van der Waals surface area contributed by atoms with E-state index < -0.39 is 0 Å². The summed E-state index contributed by atoms with van der Waals surface area (Å²) in [7, 11) is 0. The lowest BCUT2D eigenvalue weighted by atomic mass is 9.97. The Morgan fingerprint density at radius 3 is 2.60 bits per heavy atom. The fourth-order valence-corrected chi connectivity index (χ4v) is 1.64. The van der Waals surface area contributed by atoms with Crippen molar-refractivity contribution in [2.75, 3.05) is 6.61 Å². The summed E-state index contributed by atoms with van der Waals surface area (Å²) in [5, 5.41) is 8.91. The normalized spacial score (nSPS) is 35.4. The van der Waals surface area contributed by atoms with Gasteiger partial charge in [-0.15, -0.1) is 0 Å². The summed E-state index contributed by atoms with van der Waals surface area (Å²) < 4.78 is 0. The van der Waals surface area contributed by atoms with Crippen LogP contribution in [0.1, 0.15) is 32.1 Å². The largest absolute Gasteiger partial charge is 0.396 e. The minimum absolute atomic E-state index is 0.257. The summed E-state index contributed by atoms with van der Waals surface area (Å²) >= 11 is 0. The van der Waals surface area contributed by atoms with Crippen molar-refractivity contribution in [1.29, 1.82) is 0 Å². The molecule has 0 unspecified atom stereocenters. The lowest BCUT2D eigenvalue weighted by molar-refractivity contribution is 0.197. The predicted molar refractivity (Wildman–Crippen MR) is 41.6 cm³/mol. The maximum Gasteiger partial charge on any atom is 0.0474 e. The molecule has 0 aromatic carbocycles. The molecule has 0 radical (unpaired) electrons. The first-order chi connectivity index (χ1) is 4.84. The molecular weight excluding hydrogens is 126 g/mol. The number of rotatable bonds is 1. The van der Waals surface area contributed by atoms with Gasteiger partial charge in [0, 0.05) is 12.6 Å². The van der Waals surface area contributed by atoms with Crippen LogP contribution in [0.25, 0.3) is 0 Å². The van der Waals surface area contributed by atoms with E-state index in [1.54, 1.807) is 0 Å². The highest BCUT2D eigenvalue weighted by Gasteiger charge is 2.18. The summed E-state index contributed by atoms with van der Waals surface area (Å²) in [4.78, 5) is 0. The monoisotopic (exact) mass is 143 g/mol. The highest BCUT2D eigenvalue weighted by Crippen LogP contribution is 2.21. The summed E-state index contributed by atoms with van der Waals surface area (Å²) in [6, 6.07) is 0.257. The summed E-state index contributed by atoms with van der Waals surface area (Å²) in [6.07, 6.45) is 6.02. The van der Waals surface area contributed by atoms with Crippen molar-refractivity contribution in [3.05, 3.63) is 0 Å². The van der Waals surface area contributed by atoms with Crippen LogP contribution in [0, 0.1) is 5.92 Å². The quantitative estimate of drug-likeness (QED) is 0.535. The minimum Gasteiger partial charge on any atom is -0.396 e. The van der Waals surface area contributed by atoms with Gasteiger partial charge in [0.15, 0.2) is 0 Å². The summed E-state index contributed by atoms with van der Waals surface area (Å²) in [5.74, 6) is 0.377. The second-order valence-electron chi connectivity index (χ2n) is 3.24. The number of aliphatic hydroxyl groups is 1. The van der Waals surface area contributed by atoms with Crippen LogP contribution in [0.4, 0.5) is 0 Å². The molecule has 2 nitrogen and oxygen atoms in total. The van der Waals surface area contributed by atoms with E-state index in [0.29, 0.717) is 5.92 Å². The molecular formula is C8H17NO. The molecule has 2 heteroatoms. The molecule has 0 aromatic heterocycles. The van der Waals surface area contributed by atoms with Crippen LogP contribution in [0.15, 0.2) is 0 Å². The summed E-state index contributed by atoms with van der Waals surface area (Å²) in [6.45, 7) is 0.279. The van der Waals surface area contributed by atoms with E-state index in [2.05, 4.69) is 0 Å². The van der Waals surface area contributed by atoms with Crippen LogP contribution < -0.4 is 5.73 Å². The first kappa shape index (κ1) is 8.02. The van der Waals surface area contributed by atoms with Crippen LogP contribution in [0.3, 0.4) is 0 Å². The molecule has 1 aliphatic carbocycles. The average molecular weight is 143 g/mol. The van der Waals surface area contributed by atoms with Gasteiger partial charge >= 0.3 is 0 Å². The highest BCUT2D eigenvalue weighted by atomic mass is 16.3. The van der Waals surface area contributed by atoms with Gasteiger partial charge in [-0.3, -0.25) is 0 Å². The third kappa shape index (κ3) is 1.96. The number of nitrogens with two attached hydrogens (primary N) is 1. The van der Waals surface area contributed by atoms with Crippen molar-refractivity contribution in [1.82, 2.24) is 0 Å². The Kier molecular flexibility index (Phi) is 3.16. The van der Waals surface area contributed by atoms with Gasteiger partial charge in [0.2, 0.25) is 0 Å². The third-order valence-electron chi connectivity index (χ3n) is 2.45. The Morgan fingerprint density at radius 1 is 1.20 bits per heavy atom. The van der Waals surface area contributed by atoms with Crippen LogP contribution in [0.5, 0.6) is 0 Å². The Morgan fingerprint density at radius 2 is 1.90 bits per heavy atom. The van der Waals surface area contributed by atoms with Crippen molar-refractivity contribution in [2.24, 2.45) is 11.7 Å². The van der Waals surface area contributed by atoms with E-state index in [4.69, 9.17) is 10.8 Å². The Balaban J connectivity index is 2.35. The molecule has 60 valence electrons. The van der Waals surface area contributed by atoms with E-state index in [1.807, 2.05) is 0 Å². The second kappa shape index (κ2) is 3.94. The Bertz CT molecular complexity index is 95.3. The molecule has 0 amide bonds. The van der Waals surface area contributed by atoms with E-state index >= 15 is 0 Å². The third-order valence-corrected chi connectivity index (χ3v) is 2.45. The van der Waals surface area contributed by atoms with Gasteiger partial charge in [-0.25, -0.2) is 0 Å². The maximum absolute atomic E-state index is 8.91. The molecule has 1 rings (SSSR count). The lowest BCUT2D eigenvalue weighted by Gasteiger charge is -2.17. The molecule has 0 aliphatic heterocycles. The van der Waals surface area contributed by atoms with Crippen LogP contribution in [-0.2, 0) is 0 Å². The number of aliphatic hydroxyl groups excluding tert-OH is 1. The Hall–Kier alpha value is -0.0800. The van der Waals surface area contributed by atoms with E-state index in [-0.39, 0.29) is 12.6 Å². The average Bonchev–Trinajstić information content (AvgIpc) is 2.13. The molecule has 1 aliphatic rings. The van der Waals surface area contributed by atoms with Gasteiger partial charge in [0.1, 0.15) is 0 Å². The predicted octanol–water partition coefficient (Wildman–Crippen LogP) is 0.886. The van der Waals surface area contributed by atoms with E-state index in [9.17, 15) is 0 Å². The number of hydrogen-bond acceptors (Lipinski definition) is 2. The van der Waals surface area contributed by atoms with Crippen LogP contribution >= 0.6 is 0 Å². The van der Waals surface area contributed by atoms with Crippen molar-refractivity contribution in [3.8, 4) is 0 Å². The summed E-state index contributed by atoms with van der Waals surface area (Å²) in [5.41, 5.74) is 5.83. The first-order valence-electron chi connectivity index (χ1n) is 4.21. The SMILES string of the molecule is N[C@@H]1CCCCC[C@@H]1CO. The standard InChI is InChI=1S/C8H17NO/c9-8-5-3-1-2-4-7(8)6-10/h7-8,10H,1-6,9H2/t7-,8-/m1/s1. The number of hydrogen-bond donors (Lipinski definition) is 2. The molecule has 2 atom stereocenters. The van der Waals surface area contributed by atoms with Crippen LogP contribution in [-0.4, -0.2) is 17.8 Å². The minimum atomic E-state index is 0.257. The molecule has 10 heavy (non-hydrogen) atoms. The molecule has 0 saturated heterocycles. The van der Waals surface area contributed by atoms with Gasteiger partial charge in [-0.05, 0) is 18.8 Å². The Labute approximate surface area is 62.4 Å². The van der Waals surface area contributed by atoms with Crippen molar-refractivity contribution in [3.63, 3.8) is 0 Å².